The third-order valence-corrected chi connectivity index (χ3v) is 5.31. The van der Waals surface area contributed by atoms with E-state index >= 15 is 0 Å². The molecule has 2 unspecified atom stereocenters. The molecular weight excluding hydrogens is 280 g/mol. The van der Waals surface area contributed by atoms with E-state index < -0.39 is 0 Å². The highest BCUT2D eigenvalue weighted by Crippen LogP contribution is 2.41. The van der Waals surface area contributed by atoms with Gasteiger partial charge in [-0.3, -0.25) is 0 Å². The van der Waals surface area contributed by atoms with Crippen molar-refractivity contribution in [1.82, 2.24) is 5.32 Å². The van der Waals surface area contributed by atoms with E-state index in [0.717, 1.165) is 23.4 Å². The summed E-state index contributed by atoms with van der Waals surface area (Å²) in [6.07, 6.45) is 4.26. The molecule has 0 spiro atoms. The number of rotatable bonds is 3. The minimum Gasteiger partial charge on any atom is -0.371 e. The standard InChI is InChI=1S/C18H27ClN2/c1-18(2,3)20-10-15-16(19)8-5-9-17(15)21-11-13-6-4-7-14(13)12-21/h5,8-9,13-14,20H,4,6-7,10-12H2,1-3H3. The zero-order chi connectivity index (χ0) is 15.0. The Labute approximate surface area is 133 Å². The average Bonchev–Trinajstić information content (AvgIpc) is 2.96. The van der Waals surface area contributed by atoms with Gasteiger partial charge in [0.1, 0.15) is 0 Å². The van der Waals surface area contributed by atoms with Crippen LogP contribution in [0.5, 0.6) is 0 Å². The maximum Gasteiger partial charge on any atom is 0.0471 e. The van der Waals surface area contributed by atoms with Gasteiger partial charge < -0.3 is 10.2 Å². The first kappa shape index (κ1) is 15.2. The van der Waals surface area contributed by atoms with E-state index in [1.54, 1.807) is 0 Å². The second kappa shape index (κ2) is 5.81. The lowest BCUT2D eigenvalue weighted by Gasteiger charge is -2.26. The third-order valence-electron chi connectivity index (χ3n) is 4.96. The van der Waals surface area contributed by atoms with Crippen LogP contribution >= 0.6 is 11.6 Å². The zero-order valence-corrected chi connectivity index (χ0v) is 14.2. The van der Waals surface area contributed by atoms with Gasteiger partial charge in [-0.1, -0.05) is 24.1 Å². The van der Waals surface area contributed by atoms with Crippen molar-refractivity contribution in [3.8, 4) is 0 Å². The lowest BCUT2D eigenvalue weighted by molar-refractivity contribution is 0.424. The Morgan fingerprint density at radius 3 is 2.48 bits per heavy atom. The minimum absolute atomic E-state index is 0.109. The van der Waals surface area contributed by atoms with Gasteiger partial charge in [0.15, 0.2) is 0 Å². The van der Waals surface area contributed by atoms with Gasteiger partial charge in [0.05, 0.1) is 0 Å². The molecule has 1 saturated heterocycles. The number of halogens is 1. The predicted octanol–water partition coefficient (Wildman–Crippen LogP) is 4.46. The molecule has 1 aliphatic carbocycles. The van der Waals surface area contributed by atoms with E-state index in [4.69, 9.17) is 11.6 Å². The van der Waals surface area contributed by atoms with Crippen LogP contribution in [-0.2, 0) is 6.54 Å². The predicted molar refractivity (Wildman–Crippen MR) is 91.1 cm³/mol. The van der Waals surface area contributed by atoms with Crippen LogP contribution in [0.15, 0.2) is 18.2 Å². The summed E-state index contributed by atoms with van der Waals surface area (Å²) in [5.41, 5.74) is 2.71. The first-order valence-electron chi connectivity index (χ1n) is 8.21. The second-order valence-electron chi connectivity index (χ2n) is 7.70. The minimum atomic E-state index is 0.109. The summed E-state index contributed by atoms with van der Waals surface area (Å²) in [5.74, 6) is 1.82. The highest BCUT2D eigenvalue weighted by atomic mass is 35.5. The molecule has 1 aliphatic heterocycles. The maximum absolute atomic E-state index is 6.49. The first-order chi connectivity index (χ1) is 9.94. The summed E-state index contributed by atoms with van der Waals surface area (Å²) in [5, 5.41) is 4.47. The smallest absolute Gasteiger partial charge is 0.0471 e. The molecule has 3 heteroatoms. The van der Waals surface area contributed by atoms with Gasteiger partial charge in [-0.05, 0) is 57.6 Å². The number of nitrogens with zero attached hydrogens (tertiary/aromatic N) is 1. The molecule has 3 rings (SSSR count). The molecule has 116 valence electrons. The summed E-state index contributed by atoms with van der Waals surface area (Å²) in [6, 6.07) is 6.35. The van der Waals surface area contributed by atoms with Crippen LogP contribution in [0, 0.1) is 11.8 Å². The zero-order valence-electron chi connectivity index (χ0n) is 13.5. The molecule has 1 aromatic rings. The molecule has 0 amide bonds. The molecule has 2 fully saturated rings. The average molecular weight is 307 g/mol. The van der Waals surface area contributed by atoms with Crippen LogP contribution in [0.4, 0.5) is 5.69 Å². The number of anilines is 1. The molecule has 1 heterocycles. The second-order valence-corrected chi connectivity index (χ2v) is 8.10. The Bertz CT molecular complexity index is 494. The summed E-state index contributed by atoms with van der Waals surface area (Å²) < 4.78 is 0. The molecular formula is C18H27ClN2. The van der Waals surface area contributed by atoms with Crippen LogP contribution in [-0.4, -0.2) is 18.6 Å². The monoisotopic (exact) mass is 306 g/mol. The summed E-state index contributed by atoms with van der Waals surface area (Å²) >= 11 is 6.49. The molecule has 1 N–H and O–H groups in total. The lowest BCUT2D eigenvalue weighted by Crippen LogP contribution is -2.35. The highest BCUT2D eigenvalue weighted by molar-refractivity contribution is 6.31. The molecule has 21 heavy (non-hydrogen) atoms. The number of fused-ring (bicyclic) bond motifs is 1. The summed E-state index contributed by atoms with van der Waals surface area (Å²) in [4.78, 5) is 2.57. The number of nitrogens with one attached hydrogen (secondary N) is 1. The molecule has 1 saturated carbocycles. The Morgan fingerprint density at radius 2 is 1.86 bits per heavy atom. The van der Waals surface area contributed by atoms with E-state index in [0.29, 0.717) is 0 Å². The lowest BCUT2D eigenvalue weighted by atomic mass is 10.0. The van der Waals surface area contributed by atoms with Gasteiger partial charge in [-0.2, -0.15) is 0 Å². The Kier molecular flexibility index (Phi) is 4.20. The number of hydrogen-bond donors (Lipinski definition) is 1. The fourth-order valence-electron chi connectivity index (χ4n) is 3.80. The van der Waals surface area contributed by atoms with E-state index in [1.807, 2.05) is 6.07 Å². The molecule has 0 bridgehead atoms. The molecule has 2 atom stereocenters. The van der Waals surface area contributed by atoms with Crippen LogP contribution in [0.2, 0.25) is 5.02 Å². The van der Waals surface area contributed by atoms with Crippen molar-refractivity contribution >= 4 is 17.3 Å². The van der Waals surface area contributed by atoms with E-state index in [2.05, 4.69) is 43.1 Å². The van der Waals surface area contributed by atoms with Crippen LogP contribution in [0.3, 0.4) is 0 Å². The largest absolute Gasteiger partial charge is 0.371 e. The molecule has 2 nitrogen and oxygen atoms in total. The van der Waals surface area contributed by atoms with Gasteiger partial charge >= 0.3 is 0 Å². The van der Waals surface area contributed by atoms with Crippen LogP contribution in [0.25, 0.3) is 0 Å². The van der Waals surface area contributed by atoms with Crippen molar-refractivity contribution in [3.05, 3.63) is 28.8 Å². The van der Waals surface area contributed by atoms with Crippen molar-refractivity contribution in [2.45, 2.75) is 52.1 Å². The number of hydrogen-bond acceptors (Lipinski definition) is 2. The Hall–Kier alpha value is -0.730. The van der Waals surface area contributed by atoms with Gasteiger partial charge in [0, 0.05) is 41.4 Å². The quantitative estimate of drug-likeness (QED) is 0.886. The summed E-state index contributed by atoms with van der Waals surface area (Å²) in [6.45, 7) is 9.86. The third kappa shape index (κ3) is 3.37. The SMILES string of the molecule is CC(C)(C)NCc1c(Cl)cccc1N1CC2CCCC2C1. The summed E-state index contributed by atoms with van der Waals surface area (Å²) in [7, 11) is 0. The fourth-order valence-corrected chi connectivity index (χ4v) is 4.04. The van der Waals surface area contributed by atoms with Crippen LogP contribution in [0.1, 0.15) is 45.6 Å². The van der Waals surface area contributed by atoms with Gasteiger partial charge in [-0.25, -0.2) is 0 Å². The molecule has 0 aromatic heterocycles. The highest BCUT2D eigenvalue weighted by Gasteiger charge is 2.36. The van der Waals surface area contributed by atoms with Crippen molar-refractivity contribution in [1.29, 1.82) is 0 Å². The molecule has 0 radical (unpaired) electrons. The van der Waals surface area contributed by atoms with Crippen molar-refractivity contribution < 1.29 is 0 Å². The van der Waals surface area contributed by atoms with Crippen molar-refractivity contribution in [3.63, 3.8) is 0 Å². The van der Waals surface area contributed by atoms with Gasteiger partial charge in [-0.15, -0.1) is 0 Å². The fraction of sp³-hybridized carbons (Fsp3) is 0.667. The van der Waals surface area contributed by atoms with Gasteiger partial charge in [0.25, 0.3) is 0 Å². The van der Waals surface area contributed by atoms with E-state index in [1.165, 1.54) is 43.6 Å². The Balaban J connectivity index is 1.80. The first-order valence-corrected chi connectivity index (χ1v) is 8.59. The molecule has 2 aliphatic rings. The van der Waals surface area contributed by atoms with E-state index in [-0.39, 0.29) is 5.54 Å². The van der Waals surface area contributed by atoms with Crippen LogP contribution < -0.4 is 10.2 Å². The number of benzene rings is 1. The van der Waals surface area contributed by atoms with E-state index in [9.17, 15) is 0 Å². The Morgan fingerprint density at radius 1 is 1.19 bits per heavy atom. The topological polar surface area (TPSA) is 15.3 Å². The maximum atomic E-state index is 6.49. The molecule has 1 aromatic carbocycles. The van der Waals surface area contributed by atoms with Crippen molar-refractivity contribution in [2.24, 2.45) is 11.8 Å². The van der Waals surface area contributed by atoms with Crippen molar-refractivity contribution in [2.75, 3.05) is 18.0 Å². The normalized spacial score (nSPS) is 25.4. The van der Waals surface area contributed by atoms with Gasteiger partial charge in [0.2, 0.25) is 0 Å².